The van der Waals surface area contributed by atoms with Gasteiger partial charge in [-0.15, -0.1) is 11.8 Å². The van der Waals surface area contributed by atoms with E-state index >= 15 is 0 Å². The topological polar surface area (TPSA) is 66.4 Å². The number of carboxylic acids is 1. The van der Waals surface area contributed by atoms with Crippen LogP contribution in [0.15, 0.2) is 0 Å². The molecule has 0 aromatic carbocycles. The highest BCUT2D eigenvalue weighted by molar-refractivity contribution is 8.00. The van der Waals surface area contributed by atoms with Crippen LogP contribution in [0, 0.1) is 5.92 Å². The Morgan fingerprint density at radius 1 is 1.38 bits per heavy atom. The minimum absolute atomic E-state index is 0.0441. The molecule has 16 heavy (non-hydrogen) atoms. The van der Waals surface area contributed by atoms with Crippen molar-refractivity contribution in [3.63, 3.8) is 0 Å². The number of nitrogens with one attached hydrogen (secondary N) is 1. The van der Waals surface area contributed by atoms with Crippen LogP contribution < -0.4 is 5.32 Å². The van der Waals surface area contributed by atoms with E-state index in [9.17, 15) is 14.7 Å². The molecular weight excluding hydrogens is 226 g/mol. The Hall–Kier alpha value is -0.710. The molecule has 2 fully saturated rings. The number of amides is 1. The quantitative estimate of drug-likeness (QED) is 0.780. The summed E-state index contributed by atoms with van der Waals surface area (Å²) in [4.78, 5) is 23.1. The predicted molar refractivity (Wildman–Crippen MR) is 62.4 cm³/mol. The molecule has 1 heterocycles. The number of aliphatic carboxylic acids is 1. The zero-order chi connectivity index (χ0) is 11.8. The van der Waals surface area contributed by atoms with Gasteiger partial charge in [-0.1, -0.05) is 0 Å². The summed E-state index contributed by atoms with van der Waals surface area (Å²) in [5, 5.41) is 11.9. The highest BCUT2D eigenvalue weighted by Gasteiger charge is 2.49. The van der Waals surface area contributed by atoms with Gasteiger partial charge in [0.25, 0.3) is 0 Å². The summed E-state index contributed by atoms with van der Waals surface area (Å²) in [6.07, 6.45) is 3.73. The first-order valence-corrected chi connectivity index (χ1v) is 6.76. The van der Waals surface area contributed by atoms with Crippen molar-refractivity contribution < 1.29 is 14.7 Å². The van der Waals surface area contributed by atoms with E-state index in [0.717, 1.165) is 31.4 Å². The van der Waals surface area contributed by atoms with E-state index in [-0.39, 0.29) is 17.1 Å². The monoisotopic (exact) mass is 243 g/mol. The molecule has 2 unspecified atom stereocenters. The van der Waals surface area contributed by atoms with Crippen molar-refractivity contribution in [3.05, 3.63) is 0 Å². The van der Waals surface area contributed by atoms with Crippen molar-refractivity contribution in [2.75, 3.05) is 5.75 Å². The van der Waals surface area contributed by atoms with Crippen LogP contribution in [-0.2, 0) is 9.59 Å². The van der Waals surface area contributed by atoms with E-state index < -0.39 is 11.5 Å². The Balaban J connectivity index is 2.00. The Morgan fingerprint density at radius 3 is 2.50 bits per heavy atom. The molecule has 90 valence electrons. The number of carboxylic acid groups (broad SMARTS) is 1. The first-order chi connectivity index (χ1) is 7.54. The third-order valence-corrected chi connectivity index (χ3v) is 4.82. The van der Waals surface area contributed by atoms with Gasteiger partial charge in [0.1, 0.15) is 5.54 Å². The summed E-state index contributed by atoms with van der Waals surface area (Å²) < 4.78 is 0. The molecule has 0 spiro atoms. The molecule has 2 atom stereocenters. The summed E-state index contributed by atoms with van der Waals surface area (Å²) >= 11 is 1.63. The summed E-state index contributed by atoms with van der Waals surface area (Å²) in [5.41, 5.74) is -1.06. The molecule has 1 amide bonds. The summed E-state index contributed by atoms with van der Waals surface area (Å²) in [5.74, 6) is 0.108. The van der Waals surface area contributed by atoms with Crippen LogP contribution in [0.3, 0.4) is 0 Å². The lowest BCUT2D eigenvalue weighted by Gasteiger charge is -2.27. The Morgan fingerprint density at radius 2 is 2.06 bits per heavy atom. The second-order valence-corrected chi connectivity index (χ2v) is 6.08. The van der Waals surface area contributed by atoms with Crippen LogP contribution in [0.1, 0.15) is 32.6 Å². The smallest absolute Gasteiger partial charge is 0.329 e. The van der Waals surface area contributed by atoms with Crippen molar-refractivity contribution in [3.8, 4) is 0 Å². The maximum absolute atomic E-state index is 11.9. The summed E-state index contributed by atoms with van der Waals surface area (Å²) in [6.45, 7) is 1.63. The second kappa shape index (κ2) is 4.28. The fourth-order valence-corrected chi connectivity index (χ4v) is 3.27. The molecule has 1 aliphatic heterocycles. The fraction of sp³-hybridized carbons (Fsp3) is 0.818. The molecule has 5 heteroatoms. The maximum atomic E-state index is 11.9. The molecule has 1 aliphatic carbocycles. The summed E-state index contributed by atoms with van der Waals surface area (Å²) in [7, 11) is 0. The fourth-order valence-electron chi connectivity index (χ4n) is 2.11. The molecule has 1 saturated carbocycles. The zero-order valence-corrected chi connectivity index (χ0v) is 10.2. The molecule has 2 aliphatic rings. The van der Waals surface area contributed by atoms with Crippen LogP contribution in [0.4, 0.5) is 0 Å². The molecule has 0 bridgehead atoms. The van der Waals surface area contributed by atoms with Crippen molar-refractivity contribution in [2.45, 2.75) is 43.4 Å². The second-order valence-electron chi connectivity index (χ2n) is 4.77. The summed E-state index contributed by atoms with van der Waals surface area (Å²) in [6, 6.07) is 0. The molecule has 4 nitrogen and oxygen atoms in total. The SMILES string of the molecule is CC(NC(=O)C1CCCS1)(C(=O)O)C1CC1. The lowest BCUT2D eigenvalue weighted by Crippen LogP contribution is -2.55. The highest BCUT2D eigenvalue weighted by Crippen LogP contribution is 2.40. The lowest BCUT2D eigenvalue weighted by atomic mass is 9.95. The van der Waals surface area contributed by atoms with Crippen molar-refractivity contribution in [1.82, 2.24) is 5.32 Å². The predicted octanol–water partition coefficient (Wildman–Crippen LogP) is 1.25. The highest BCUT2D eigenvalue weighted by atomic mass is 32.2. The maximum Gasteiger partial charge on any atom is 0.329 e. The minimum Gasteiger partial charge on any atom is -0.480 e. The lowest BCUT2D eigenvalue weighted by molar-refractivity contribution is -0.147. The molecular formula is C11H17NO3S. The molecule has 0 aromatic heterocycles. The normalized spacial score (nSPS) is 28.4. The third kappa shape index (κ3) is 2.19. The number of carbonyl (C=O) groups excluding carboxylic acids is 1. The van der Waals surface area contributed by atoms with Gasteiger partial charge in [0.15, 0.2) is 0 Å². The first-order valence-electron chi connectivity index (χ1n) is 5.71. The number of hydrogen-bond donors (Lipinski definition) is 2. The van der Waals surface area contributed by atoms with Gasteiger partial charge >= 0.3 is 5.97 Å². The number of hydrogen-bond acceptors (Lipinski definition) is 3. The van der Waals surface area contributed by atoms with Gasteiger partial charge in [0, 0.05) is 0 Å². The van der Waals surface area contributed by atoms with Gasteiger partial charge in [-0.05, 0) is 44.3 Å². The van der Waals surface area contributed by atoms with E-state index in [1.54, 1.807) is 18.7 Å². The largest absolute Gasteiger partial charge is 0.480 e. The minimum atomic E-state index is -1.06. The Kier molecular flexibility index (Phi) is 3.15. The third-order valence-electron chi connectivity index (χ3n) is 3.44. The standard InChI is InChI=1S/C11H17NO3S/c1-11(10(14)15,7-4-5-7)12-9(13)8-3-2-6-16-8/h7-8H,2-6H2,1H3,(H,12,13)(H,14,15). The average molecular weight is 243 g/mol. The van der Waals surface area contributed by atoms with E-state index in [4.69, 9.17) is 0 Å². The van der Waals surface area contributed by atoms with Gasteiger partial charge < -0.3 is 10.4 Å². The van der Waals surface area contributed by atoms with Gasteiger partial charge in [0.2, 0.25) is 5.91 Å². The molecule has 0 aromatic rings. The van der Waals surface area contributed by atoms with E-state index in [1.165, 1.54) is 0 Å². The zero-order valence-electron chi connectivity index (χ0n) is 9.36. The van der Waals surface area contributed by atoms with E-state index in [2.05, 4.69) is 5.32 Å². The van der Waals surface area contributed by atoms with Crippen LogP contribution >= 0.6 is 11.8 Å². The van der Waals surface area contributed by atoms with Crippen LogP contribution in [0.5, 0.6) is 0 Å². The Labute approximate surface area is 99.2 Å². The van der Waals surface area contributed by atoms with Crippen molar-refractivity contribution >= 4 is 23.6 Å². The molecule has 0 radical (unpaired) electrons. The number of rotatable bonds is 4. The first kappa shape index (κ1) is 11.8. The van der Waals surface area contributed by atoms with Crippen molar-refractivity contribution in [2.24, 2.45) is 5.92 Å². The molecule has 2 rings (SSSR count). The van der Waals surface area contributed by atoms with Crippen LogP contribution in [0.2, 0.25) is 0 Å². The van der Waals surface area contributed by atoms with Crippen molar-refractivity contribution in [1.29, 1.82) is 0 Å². The van der Waals surface area contributed by atoms with E-state index in [0.29, 0.717) is 0 Å². The number of thioether (sulfide) groups is 1. The van der Waals surface area contributed by atoms with Gasteiger partial charge in [0.05, 0.1) is 5.25 Å². The Bertz CT molecular complexity index is 310. The number of carbonyl (C=O) groups is 2. The van der Waals surface area contributed by atoms with Gasteiger partial charge in [-0.25, -0.2) is 4.79 Å². The average Bonchev–Trinajstić information content (AvgIpc) is 2.94. The van der Waals surface area contributed by atoms with Crippen LogP contribution in [-0.4, -0.2) is 33.5 Å². The van der Waals surface area contributed by atoms with Gasteiger partial charge in [-0.2, -0.15) is 0 Å². The molecule has 1 saturated heterocycles. The van der Waals surface area contributed by atoms with Gasteiger partial charge in [-0.3, -0.25) is 4.79 Å². The van der Waals surface area contributed by atoms with E-state index in [1.807, 2.05) is 0 Å². The van der Waals surface area contributed by atoms with Crippen LogP contribution in [0.25, 0.3) is 0 Å². The molecule has 2 N–H and O–H groups in total.